The van der Waals surface area contributed by atoms with Gasteiger partial charge in [0.05, 0.1) is 0 Å². The Morgan fingerprint density at radius 3 is 3.00 bits per heavy atom. The summed E-state index contributed by atoms with van der Waals surface area (Å²) < 4.78 is 0. The van der Waals surface area contributed by atoms with Gasteiger partial charge in [-0.15, -0.1) is 0 Å². The molecule has 0 amide bonds. The Balaban J connectivity index is 2.20. The minimum absolute atomic E-state index is 0.248. The van der Waals surface area contributed by atoms with Crippen LogP contribution < -0.4 is 0 Å². The lowest BCUT2D eigenvalue weighted by Gasteiger charge is -2.30. The molecule has 0 fully saturated rings. The van der Waals surface area contributed by atoms with Gasteiger partial charge >= 0.3 is 0 Å². The van der Waals surface area contributed by atoms with Crippen molar-refractivity contribution in [3.63, 3.8) is 0 Å². The van der Waals surface area contributed by atoms with E-state index in [9.17, 15) is 5.11 Å². The van der Waals surface area contributed by atoms with Gasteiger partial charge in [-0.1, -0.05) is 30.3 Å². The molecule has 84 valence electrons. The van der Waals surface area contributed by atoms with Crippen LogP contribution in [0.5, 0.6) is 0 Å². The zero-order chi connectivity index (χ0) is 11.4. The van der Waals surface area contributed by atoms with Crippen molar-refractivity contribution in [1.29, 1.82) is 0 Å². The smallest absolute Gasteiger partial charge is 0.100 e. The van der Waals surface area contributed by atoms with Crippen LogP contribution >= 0.6 is 0 Å². The molecule has 1 unspecified atom stereocenters. The number of hydrogen-bond donors (Lipinski definition) is 1. The van der Waals surface area contributed by atoms with Crippen molar-refractivity contribution in [3.05, 3.63) is 52.8 Å². The van der Waals surface area contributed by atoms with E-state index in [0.717, 1.165) is 12.8 Å². The topological polar surface area (TPSA) is 20.2 Å². The second-order valence-electron chi connectivity index (χ2n) is 5.10. The van der Waals surface area contributed by atoms with Crippen LogP contribution in [0.25, 0.3) is 16.8 Å². The van der Waals surface area contributed by atoms with E-state index in [1.165, 1.54) is 33.9 Å². The van der Waals surface area contributed by atoms with Gasteiger partial charge in [0.1, 0.15) is 5.76 Å². The van der Waals surface area contributed by atoms with E-state index < -0.39 is 0 Å². The van der Waals surface area contributed by atoms with Crippen molar-refractivity contribution in [2.24, 2.45) is 0 Å². The van der Waals surface area contributed by atoms with Crippen molar-refractivity contribution in [2.75, 3.05) is 0 Å². The first-order chi connectivity index (χ1) is 8.34. The Labute approximate surface area is 100 Å². The molecule has 0 heterocycles. The van der Waals surface area contributed by atoms with Gasteiger partial charge in [0, 0.05) is 5.92 Å². The first kappa shape index (κ1) is 9.29. The average Bonchev–Trinajstić information content (AvgIpc) is 2.37. The maximum Gasteiger partial charge on any atom is 0.100 e. The van der Waals surface area contributed by atoms with E-state index in [4.69, 9.17) is 0 Å². The Morgan fingerprint density at radius 1 is 1.12 bits per heavy atom. The fourth-order valence-corrected chi connectivity index (χ4v) is 3.41. The second kappa shape index (κ2) is 3.13. The molecule has 0 aromatic heterocycles. The van der Waals surface area contributed by atoms with E-state index in [2.05, 4.69) is 30.3 Å². The zero-order valence-corrected chi connectivity index (χ0v) is 9.61. The van der Waals surface area contributed by atoms with Crippen molar-refractivity contribution in [3.8, 4) is 0 Å². The Bertz CT molecular complexity index is 652. The number of hydrogen-bond acceptors (Lipinski definition) is 1. The lowest BCUT2D eigenvalue weighted by atomic mass is 9.75. The summed E-state index contributed by atoms with van der Waals surface area (Å²) >= 11 is 0. The fourth-order valence-electron chi connectivity index (χ4n) is 3.41. The summed E-state index contributed by atoms with van der Waals surface area (Å²) in [4.78, 5) is 0. The predicted octanol–water partition coefficient (Wildman–Crippen LogP) is 4.17. The standard InChI is InChI=1S/C16H14O/c17-14-9-12-5-1-3-10-7-8-11-4-2-6-13(14)16(11)15(10)12/h1,3,5,7-9,13,17H,2,4,6H2. The van der Waals surface area contributed by atoms with Crippen LogP contribution in [-0.4, -0.2) is 5.11 Å². The van der Waals surface area contributed by atoms with Gasteiger partial charge in [-0.05, 0) is 52.8 Å². The summed E-state index contributed by atoms with van der Waals surface area (Å²) in [7, 11) is 0. The van der Waals surface area contributed by atoms with Crippen molar-refractivity contribution in [1.82, 2.24) is 0 Å². The molecule has 2 aliphatic carbocycles. The monoisotopic (exact) mass is 222 g/mol. The Morgan fingerprint density at radius 2 is 2.06 bits per heavy atom. The third kappa shape index (κ3) is 1.14. The molecule has 0 spiro atoms. The maximum absolute atomic E-state index is 10.2. The van der Waals surface area contributed by atoms with Gasteiger partial charge < -0.3 is 5.11 Å². The van der Waals surface area contributed by atoms with E-state index in [0.29, 0.717) is 5.76 Å². The molecule has 1 atom stereocenters. The minimum atomic E-state index is 0.248. The molecule has 0 aliphatic heterocycles. The van der Waals surface area contributed by atoms with Crippen LogP contribution in [0, 0.1) is 0 Å². The summed E-state index contributed by atoms with van der Waals surface area (Å²) in [5.74, 6) is 0.800. The van der Waals surface area contributed by atoms with Gasteiger partial charge in [0.2, 0.25) is 0 Å². The molecule has 17 heavy (non-hydrogen) atoms. The highest BCUT2D eigenvalue weighted by Crippen LogP contribution is 2.44. The first-order valence-electron chi connectivity index (χ1n) is 6.29. The fraction of sp³-hybridized carbons (Fsp3) is 0.250. The van der Waals surface area contributed by atoms with Gasteiger partial charge in [-0.25, -0.2) is 0 Å². The van der Waals surface area contributed by atoms with E-state index >= 15 is 0 Å². The lowest BCUT2D eigenvalue weighted by Crippen LogP contribution is -2.15. The Hall–Kier alpha value is -1.76. The quantitative estimate of drug-likeness (QED) is 0.709. The first-order valence-corrected chi connectivity index (χ1v) is 6.29. The molecule has 0 bridgehead atoms. The number of aliphatic hydroxyl groups is 1. The molecule has 4 rings (SSSR count). The zero-order valence-electron chi connectivity index (χ0n) is 9.61. The summed E-state index contributed by atoms with van der Waals surface area (Å²) in [6.07, 6.45) is 5.38. The number of rotatable bonds is 0. The van der Waals surface area contributed by atoms with Crippen LogP contribution in [0.2, 0.25) is 0 Å². The van der Waals surface area contributed by atoms with Gasteiger partial charge in [0.15, 0.2) is 0 Å². The van der Waals surface area contributed by atoms with Crippen molar-refractivity contribution >= 4 is 16.8 Å². The molecule has 1 heteroatoms. The molecule has 0 saturated carbocycles. The highest BCUT2D eigenvalue weighted by atomic mass is 16.3. The Kier molecular flexibility index (Phi) is 1.71. The average molecular weight is 222 g/mol. The van der Waals surface area contributed by atoms with E-state index in [-0.39, 0.29) is 5.92 Å². The van der Waals surface area contributed by atoms with Crippen molar-refractivity contribution < 1.29 is 5.11 Å². The third-order valence-corrected chi connectivity index (χ3v) is 4.16. The molecular formula is C16H14O. The molecule has 0 radical (unpaired) electrons. The number of aliphatic hydroxyl groups excluding tert-OH is 1. The molecule has 2 aliphatic rings. The van der Waals surface area contributed by atoms with Crippen molar-refractivity contribution in [2.45, 2.75) is 25.2 Å². The minimum Gasteiger partial charge on any atom is -0.512 e. The SMILES string of the molecule is OC1=Cc2cccc3ccc4c(c23)C1CCC4. The number of allylic oxidation sites excluding steroid dienone is 1. The normalized spacial score (nSPS) is 21.4. The van der Waals surface area contributed by atoms with Crippen LogP contribution in [0.15, 0.2) is 36.1 Å². The van der Waals surface area contributed by atoms with Crippen LogP contribution in [0.4, 0.5) is 0 Å². The lowest BCUT2D eigenvalue weighted by molar-refractivity contribution is 0.356. The summed E-state index contributed by atoms with van der Waals surface area (Å²) in [6, 6.07) is 10.8. The third-order valence-electron chi connectivity index (χ3n) is 4.16. The molecule has 0 saturated heterocycles. The highest BCUT2D eigenvalue weighted by molar-refractivity contribution is 5.97. The number of benzene rings is 2. The number of aryl methyl sites for hydroxylation is 1. The molecular weight excluding hydrogens is 208 g/mol. The van der Waals surface area contributed by atoms with Crippen LogP contribution in [-0.2, 0) is 6.42 Å². The summed E-state index contributed by atoms with van der Waals surface area (Å²) in [5, 5.41) is 12.9. The van der Waals surface area contributed by atoms with Crippen LogP contribution in [0.1, 0.15) is 35.4 Å². The molecule has 2 aromatic rings. The molecule has 2 aromatic carbocycles. The van der Waals surface area contributed by atoms with Gasteiger partial charge in [0.25, 0.3) is 0 Å². The molecule has 1 nitrogen and oxygen atoms in total. The maximum atomic E-state index is 10.2. The highest BCUT2D eigenvalue weighted by Gasteiger charge is 2.29. The summed E-state index contributed by atoms with van der Waals surface area (Å²) in [6.45, 7) is 0. The van der Waals surface area contributed by atoms with Gasteiger partial charge in [-0.3, -0.25) is 0 Å². The van der Waals surface area contributed by atoms with Crippen LogP contribution in [0.3, 0.4) is 0 Å². The van der Waals surface area contributed by atoms with Gasteiger partial charge in [-0.2, -0.15) is 0 Å². The van der Waals surface area contributed by atoms with E-state index in [1.807, 2.05) is 6.08 Å². The summed E-state index contributed by atoms with van der Waals surface area (Å²) in [5.41, 5.74) is 4.00. The molecule has 1 N–H and O–H groups in total. The predicted molar refractivity (Wildman–Crippen MR) is 70.2 cm³/mol. The second-order valence-corrected chi connectivity index (χ2v) is 5.10. The largest absolute Gasteiger partial charge is 0.512 e. The van der Waals surface area contributed by atoms with E-state index in [1.54, 1.807) is 0 Å².